The lowest BCUT2D eigenvalue weighted by Crippen LogP contribution is -2.65. The van der Waals surface area contributed by atoms with E-state index in [4.69, 9.17) is 9.47 Å². The van der Waals surface area contributed by atoms with Crippen LogP contribution >= 0.6 is 34.4 Å². The smallest absolute Gasteiger partial charge is 0.253 e. The van der Waals surface area contributed by atoms with E-state index >= 15 is 0 Å². The molecule has 0 aromatic heterocycles. The van der Waals surface area contributed by atoms with E-state index in [1.54, 1.807) is 0 Å². The molecule has 0 fully saturated rings. The quantitative estimate of drug-likeness (QED) is 0.0592. The minimum absolute atomic E-state index is 0.00540. The molecule has 95 heavy (non-hydrogen) atoms. The Bertz CT molecular complexity index is 4510. The molecular weight excluding hydrogens is 1290 g/mol. The topological polar surface area (TPSA) is 28.2 Å². The Morgan fingerprint density at radius 3 is 1.27 bits per heavy atom. The van der Waals surface area contributed by atoms with Gasteiger partial charge in [0.25, 0.3) is 6.71 Å². The van der Waals surface area contributed by atoms with Gasteiger partial charge in [-0.1, -0.05) is 191 Å². The summed E-state index contributed by atoms with van der Waals surface area (Å²) in [7, 11) is 0. The number of hydrogen-bond donors (Lipinski definition) is 0. The van der Waals surface area contributed by atoms with Crippen LogP contribution in [0.4, 0.5) is 51.2 Å². The molecule has 0 spiro atoms. The van der Waals surface area contributed by atoms with Gasteiger partial charge in [0.1, 0.15) is 23.0 Å². The molecule has 14 rings (SSSR count). The van der Waals surface area contributed by atoms with Gasteiger partial charge in [-0.25, -0.2) is 0 Å². The van der Waals surface area contributed by atoms with Crippen molar-refractivity contribution in [1.29, 1.82) is 0 Å². The van der Waals surface area contributed by atoms with Crippen molar-refractivity contribution in [3.05, 3.63) is 230 Å². The molecule has 0 bridgehead atoms. The van der Waals surface area contributed by atoms with E-state index in [0.717, 1.165) is 97.1 Å². The minimum atomic E-state index is -0.133. The van der Waals surface area contributed by atoms with Crippen molar-refractivity contribution in [2.75, 3.05) is 14.7 Å². The average Bonchev–Trinajstić information content (AvgIpc) is 0.693. The first kappa shape index (κ1) is 64.7. The molecule has 4 heterocycles. The molecule has 0 atom stereocenters. The fourth-order valence-corrected chi connectivity index (χ4v) is 17.5. The Balaban J connectivity index is 1.04. The van der Waals surface area contributed by atoms with E-state index in [0.29, 0.717) is 0 Å². The molecule has 0 aliphatic carbocycles. The highest BCUT2D eigenvalue weighted by Crippen LogP contribution is 2.51. The Morgan fingerprint density at radius 1 is 0.368 bits per heavy atom. The summed E-state index contributed by atoms with van der Waals surface area (Å²) in [4.78, 5) is 10.2. The van der Waals surface area contributed by atoms with Crippen LogP contribution in [0.25, 0.3) is 0 Å². The van der Waals surface area contributed by atoms with Crippen molar-refractivity contribution in [1.82, 2.24) is 0 Å². The number of nitrogens with zero attached hydrogens (tertiary/aromatic N) is 3. The van der Waals surface area contributed by atoms with Gasteiger partial charge in [-0.05, 0) is 256 Å². The van der Waals surface area contributed by atoms with E-state index < -0.39 is 0 Å². The predicted octanol–water partition coefficient (Wildman–Crippen LogP) is 21.3. The Kier molecular flexibility index (Phi) is 18.0. The largest absolute Gasteiger partial charge is 0.457 e. The molecule has 480 valence electrons. The molecule has 9 heteroatoms. The van der Waals surface area contributed by atoms with Crippen molar-refractivity contribution in [3.8, 4) is 23.0 Å². The molecule has 0 saturated heterocycles. The lowest BCUT2D eigenvalue weighted by molar-refractivity contribution is 0.481. The monoisotopic (exact) mass is 1380 g/mol. The number of anilines is 9. The lowest BCUT2D eigenvalue weighted by Gasteiger charge is -2.46. The second-order valence-corrected chi connectivity index (χ2v) is 31.6. The standard InChI is InChI=1S/C86H90B2IN3O2S/c1-13-17-21-57-25-35-63(36-26-57)91-74-47-55(5)45-60(24-20-16-4)81(74)88-71-53-70-73(54-79(71)95-80-52-69(51-78(91)84(80)88)94-66-41-29-59(30-42-66)23-19-15-3)90(65-39-31-61(32-40-65)85(7,8)9)76-49-68(93-67-43-33-62(34-44-67)86(10,11)12)50-77-83(76)87(70)82-72(89)46-56(6)48-75(82)92(77)64-37-27-58(28-38-64)22-18-14-2/h25-54H,13-24H2,1-12H3. The van der Waals surface area contributed by atoms with Crippen molar-refractivity contribution in [2.24, 2.45) is 0 Å². The normalized spacial score (nSPS) is 13.5. The van der Waals surface area contributed by atoms with Crippen molar-refractivity contribution in [2.45, 2.75) is 181 Å². The summed E-state index contributed by atoms with van der Waals surface area (Å²) in [5.41, 5.74) is 29.1. The van der Waals surface area contributed by atoms with Crippen LogP contribution in [0.5, 0.6) is 23.0 Å². The first-order valence-electron chi connectivity index (χ1n) is 35.3. The zero-order chi connectivity index (χ0) is 66.0. The number of fused-ring (bicyclic) bond motifs is 8. The fraction of sp³-hybridized carbons (Fsp3) is 0.302. The number of rotatable bonds is 19. The first-order chi connectivity index (χ1) is 45.9. The van der Waals surface area contributed by atoms with Gasteiger partial charge in [0.05, 0.1) is 0 Å². The van der Waals surface area contributed by atoms with Crippen LogP contribution in [0.3, 0.4) is 0 Å². The van der Waals surface area contributed by atoms with Crippen LogP contribution in [0.1, 0.15) is 165 Å². The summed E-state index contributed by atoms with van der Waals surface area (Å²) in [5.74, 6) is 3.29. The highest BCUT2D eigenvalue weighted by Gasteiger charge is 2.49. The molecule has 4 aliphatic rings. The molecule has 10 aromatic rings. The van der Waals surface area contributed by atoms with Gasteiger partial charge in [0, 0.05) is 82.7 Å². The maximum atomic E-state index is 7.25. The molecule has 0 N–H and O–H groups in total. The second-order valence-electron chi connectivity index (χ2n) is 29.4. The van der Waals surface area contributed by atoms with E-state index in [1.807, 2.05) is 11.8 Å². The van der Waals surface area contributed by atoms with Crippen LogP contribution in [-0.4, -0.2) is 13.4 Å². The fourth-order valence-electron chi connectivity index (χ4n) is 15.2. The molecule has 5 nitrogen and oxygen atoms in total. The highest BCUT2D eigenvalue weighted by molar-refractivity contribution is 14.1. The third kappa shape index (κ3) is 12.4. The summed E-state index contributed by atoms with van der Waals surface area (Å²) >= 11 is 4.60. The number of benzene rings is 10. The molecular formula is C86H90B2IN3O2S. The van der Waals surface area contributed by atoms with E-state index in [2.05, 4.69) is 302 Å². The number of ether oxygens (including phenoxy) is 2. The summed E-state index contributed by atoms with van der Waals surface area (Å²) in [6.45, 7) is 27.3. The summed E-state index contributed by atoms with van der Waals surface area (Å²) in [5, 5.41) is 0. The van der Waals surface area contributed by atoms with Gasteiger partial charge in [-0.2, -0.15) is 0 Å². The van der Waals surface area contributed by atoms with Crippen LogP contribution in [0, 0.1) is 17.4 Å². The average molecular weight is 1380 g/mol. The molecule has 0 radical (unpaired) electrons. The van der Waals surface area contributed by atoms with Crippen LogP contribution in [0.15, 0.2) is 192 Å². The zero-order valence-corrected chi connectivity index (χ0v) is 60.9. The van der Waals surface area contributed by atoms with E-state index in [-0.39, 0.29) is 24.3 Å². The van der Waals surface area contributed by atoms with Gasteiger partial charge >= 0.3 is 0 Å². The number of hydrogen-bond acceptors (Lipinski definition) is 6. The maximum absolute atomic E-state index is 7.25. The molecule has 0 unspecified atom stereocenters. The summed E-state index contributed by atoms with van der Waals surface area (Å²) in [6, 6.07) is 70.5. The van der Waals surface area contributed by atoms with E-state index in [9.17, 15) is 0 Å². The third-order valence-corrected chi connectivity index (χ3v) is 22.2. The molecule has 0 saturated carbocycles. The minimum Gasteiger partial charge on any atom is -0.457 e. The maximum Gasteiger partial charge on any atom is 0.253 e. The Labute approximate surface area is 585 Å². The van der Waals surface area contributed by atoms with Gasteiger partial charge in [0.15, 0.2) is 0 Å². The zero-order valence-electron chi connectivity index (χ0n) is 57.9. The highest BCUT2D eigenvalue weighted by atomic mass is 127. The molecule has 4 aliphatic heterocycles. The second kappa shape index (κ2) is 26.4. The summed E-state index contributed by atoms with van der Waals surface area (Å²) < 4.78 is 15.7. The number of halogens is 1. The molecule has 0 amide bonds. The third-order valence-electron chi connectivity index (χ3n) is 20.2. The van der Waals surface area contributed by atoms with Gasteiger partial charge < -0.3 is 24.2 Å². The van der Waals surface area contributed by atoms with Crippen LogP contribution in [-0.2, 0) is 36.5 Å². The molecule has 10 aromatic carbocycles. The first-order valence-corrected chi connectivity index (χ1v) is 37.2. The van der Waals surface area contributed by atoms with Gasteiger partial charge in [0.2, 0.25) is 6.71 Å². The summed E-state index contributed by atoms with van der Waals surface area (Å²) in [6.07, 6.45) is 13.4. The van der Waals surface area contributed by atoms with Crippen molar-refractivity contribution in [3.63, 3.8) is 0 Å². The predicted molar refractivity (Wildman–Crippen MR) is 417 cm³/mol. The van der Waals surface area contributed by atoms with Crippen LogP contribution < -0.4 is 57.0 Å². The van der Waals surface area contributed by atoms with Crippen molar-refractivity contribution < 1.29 is 9.47 Å². The van der Waals surface area contributed by atoms with Gasteiger partial charge in [-0.15, -0.1) is 0 Å². The van der Waals surface area contributed by atoms with Crippen LogP contribution in [0.2, 0.25) is 0 Å². The van der Waals surface area contributed by atoms with Crippen molar-refractivity contribution >= 4 is 132 Å². The lowest BCUT2D eigenvalue weighted by atomic mass is 9.30. The Hall–Kier alpha value is -7.59. The van der Waals surface area contributed by atoms with E-state index in [1.165, 1.54) is 145 Å². The van der Waals surface area contributed by atoms with Gasteiger partial charge in [-0.3, -0.25) is 0 Å². The number of aryl methyl sites for hydroxylation is 6. The SMILES string of the molecule is CCCCc1ccc(Oc2cc3c4c(c2)N(c2ccc(CCCC)cc2)c2cc(C)cc(CCCC)c2B4c2cc4c(cc2S3)N(c2ccc(C(C)(C)C)cc2)c2cc(Oc3ccc(C(C)(C)C)cc3)cc3c2B4c2c(I)cc(C)cc2N3c2ccc(CCCC)cc2)cc1. The Morgan fingerprint density at radius 2 is 0.768 bits per heavy atom. The number of unbranched alkanes of at least 4 members (excludes halogenated alkanes) is 4.